The summed E-state index contributed by atoms with van der Waals surface area (Å²) in [4.78, 5) is 21.2. The Labute approximate surface area is 77.6 Å². The summed E-state index contributed by atoms with van der Waals surface area (Å²) in [6, 6.07) is 0. The van der Waals surface area contributed by atoms with Crippen molar-refractivity contribution in [3.63, 3.8) is 0 Å². The number of hydrogen-bond acceptors (Lipinski definition) is 2. The molecule has 0 unspecified atom stereocenters. The lowest BCUT2D eigenvalue weighted by Crippen LogP contribution is -2.32. The molecule has 0 spiro atoms. The van der Waals surface area contributed by atoms with Crippen LogP contribution in [-0.2, 0) is 9.59 Å². The van der Waals surface area contributed by atoms with Gasteiger partial charge in [-0.05, 0) is 12.8 Å². The summed E-state index contributed by atoms with van der Waals surface area (Å²) in [7, 11) is 0. The molecule has 0 aromatic carbocycles. The molecule has 4 heteroatoms. The third kappa shape index (κ3) is 2.72. The molecule has 1 fully saturated rings. The summed E-state index contributed by atoms with van der Waals surface area (Å²) < 4.78 is 0. The van der Waals surface area contributed by atoms with Crippen molar-refractivity contribution in [1.29, 1.82) is 0 Å². The maximum absolute atomic E-state index is 10.6. The number of carboxylic acids is 2. The predicted octanol–water partition coefficient (Wildman–Crippen LogP) is 1.60. The van der Waals surface area contributed by atoms with Crippen LogP contribution in [0, 0.1) is 11.8 Å². The smallest absolute Gasteiger partial charge is 0.307 e. The van der Waals surface area contributed by atoms with Gasteiger partial charge in [0.25, 0.3) is 0 Å². The first-order chi connectivity index (χ1) is 5.63. The quantitative estimate of drug-likeness (QED) is 0.690. The second-order valence-corrected chi connectivity index (χ2v) is 3.17. The fraction of sp³-hybridized carbons (Fsp3) is 0.778. The van der Waals surface area contributed by atoms with E-state index in [1.54, 1.807) is 0 Å². The highest BCUT2D eigenvalue weighted by atomic mass is 16.4. The minimum atomic E-state index is -0.970. The Bertz CT molecular complexity index is 178. The Balaban J connectivity index is 0.00000144. The van der Waals surface area contributed by atoms with Crippen LogP contribution in [0.15, 0.2) is 0 Å². The lowest BCUT2D eigenvalue weighted by Gasteiger charge is -2.24. The van der Waals surface area contributed by atoms with Gasteiger partial charge in [0, 0.05) is 0 Å². The fourth-order valence-corrected chi connectivity index (χ4v) is 1.72. The molecule has 13 heavy (non-hydrogen) atoms. The Hall–Kier alpha value is -1.06. The minimum Gasteiger partial charge on any atom is -0.481 e. The molecular weight excluding hydrogens is 172 g/mol. The summed E-state index contributed by atoms with van der Waals surface area (Å²) in [5.74, 6) is -3.28. The SMILES string of the molecule is C.O=C(O)[C@@H]1CCCC[C@H]1C(=O)O. The Kier molecular flexibility index (Phi) is 4.45. The van der Waals surface area contributed by atoms with Gasteiger partial charge in [-0.3, -0.25) is 9.59 Å². The van der Waals surface area contributed by atoms with E-state index in [4.69, 9.17) is 10.2 Å². The normalized spacial score (nSPS) is 27.4. The van der Waals surface area contributed by atoms with E-state index in [9.17, 15) is 9.59 Å². The highest BCUT2D eigenvalue weighted by Crippen LogP contribution is 2.30. The van der Waals surface area contributed by atoms with Gasteiger partial charge in [-0.25, -0.2) is 0 Å². The van der Waals surface area contributed by atoms with Gasteiger partial charge < -0.3 is 10.2 Å². The summed E-state index contributed by atoms with van der Waals surface area (Å²) >= 11 is 0. The van der Waals surface area contributed by atoms with Crippen LogP contribution < -0.4 is 0 Å². The molecule has 2 N–H and O–H groups in total. The van der Waals surface area contributed by atoms with E-state index in [0.29, 0.717) is 12.8 Å². The van der Waals surface area contributed by atoms with Crippen LogP contribution in [-0.4, -0.2) is 22.2 Å². The van der Waals surface area contributed by atoms with Gasteiger partial charge in [0.15, 0.2) is 0 Å². The Morgan fingerprint density at radius 3 is 1.46 bits per heavy atom. The third-order valence-electron chi connectivity index (χ3n) is 2.40. The first kappa shape index (κ1) is 11.9. The number of aliphatic carboxylic acids is 2. The molecule has 0 radical (unpaired) electrons. The molecule has 0 heterocycles. The molecule has 76 valence electrons. The molecule has 4 nitrogen and oxygen atoms in total. The lowest BCUT2D eigenvalue weighted by atomic mass is 9.79. The summed E-state index contributed by atoms with van der Waals surface area (Å²) in [5, 5.41) is 17.4. The molecule has 1 saturated carbocycles. The van der Waals surface area contributed by atoms with E-state index >= 15 is 0 Å². The molecule has 0 aliphatic heterocycles. The molecule has 1 aliphatic rings. The van der Waals surface area contributed by atoms with E-state index in [-0.39, 0.29) is 7.43 Å². The molecule has 0 saturated heterocycles. The maximum atomic E-state index is 10.6. The Morgan fingerprint density at radius 1 is 0.923 bits per heavy atom. The molecule has 0 amide bonds. The second kappa shape index (κ2) is 4.84. The van der Waals surface area contributed by atoms with Crippen molar-refractivity contribution < 1.29 is 19.8 Å². The molecule has 2 atom stereocenters. The van der Waals surface area contributed by atoms with Gasteiger partial charge in [-0.15, -0.1) is 0 Å². The van der Waals surface area contributed by atoms with Gasteiger partial charge >= 0.3 is 11.9 Å². The van der Waals surface area contributed by atoms with Crippen LogP contribution in [0.3, 0.4) is 0 Å². The zero-order valence-electron chi connectivity index (χ0n) is 6.69. The van der Waals surface area contributed by atoms with Gasteiger partial charge in [0.2, 0.25) is 0 Å². The fourth-order valence-electron chi connectivity index (χ4n) is 1.72. The van der Waals surface area contributed by atoms with Crippen molar-refractivity contribution in [3.8, 4) is 0 Å². The zero-order chi connectivity index (χ0) is 9.14. The minimum absolute atomic E-state index is 0. The van der Waals surface area contributed by atoms with Crippen LogP contribution in [0.1, 0.15) is 33.1 Å². The van der Waals surface area contributed by atoms with Gasteiger partial charge in [-0.2, -0.15) is 0 Å². The molecule has 1 rings (SSSR count). The van der Waals surface area contributed by atoms with E-state index in [1.165, 1.54) is 0 Å². The first-order valence-corrected chi connectivity index (χ1v) is 4.08. The topological polar surface area (TPSA) is 74.6 Å². The average molecular weight is 188 g/mol. The van der Waals surface area contributed by atoms with Crippen molar-refractivity contribution in [2.24, 2.45) is 11.8 Å². The van der Waals surface area contributed by atoms with Crippen LogP contribution in [0.4, 0.5) is 0 Å². The van der Waals surface area contributed by atoms with E-state index in [0.717, 1.165) is 12.8 Å². The third-order valence-corrected chi connectivity index (χ3v) is 2.40. The van der Waals surface area contributed by atoms with E-state index in [1.807, 2.05) is 0 Å². The molecule has 0 bridgehead atoms. The maximum Gasteiger partial charge on any atom is 0.307 e. The Morgan fingerprint density at radius 2 is 1.23 bits per heavy atom. The van der Waals surface area contributed by atoms with Crippen molar-refractivity contribution in [3.05, 3.63) is 0 Å². The number of hydrogen-bond donors (Lipinski definition) is 2. The molecule has 0 aromatic rings. The summed E-state index contributed by atoms with van der Waals surface area (Å²) in [5.41, 5.74) is 0. The van der Waals surface area contributed by atoms with Crippen LogP contribution in [0.25, 0.3) is 0 Å². The molecule has 0 aromatic heterocycles. The van der Waals surface area contributed by atoms with Gasteiger partial charge in [0.1, 0.15) is 0 Å². The predicted molar refractivity (Wildman–Crippen MR) is 47.5 cm³/mol. The van der Waals surface area contributed by atoms with Crippen molar-refractivity contribution in [2.75, 3.05) is 0 Å². The molecule has 1 aliphatic carbocycles. The number of rotatable bonds is 2. The van der Waals surface area contributed by atoms with Crippen LogP contribution in [0.5, 0.6) is 0 Å². The zero-order valence-corrected chi connectivity index (χ0v) is 6.69. The van der Waals surface area contributed by atoms with Gasteiger partial charge in [-0.1, -0.05) is 20.3 Å². The molecular formula is C9H16O4. The number of carboxylic acid groups (broad SMARTS) is 2. The standard InChI is InChI=1S/C8H12O4.CH4/c9-7(10)5-3-1-2-4-6(5)8(11)12;/h5-6H,1-4H2,(H,9,10)(H,11,12);1H4/t5-,6-;/m1./s1. The lowest BCUT2D eigenvalue weighted by molar-refractivity contribution is -0.155. The van der Waals surface area contributed by atoms with Gasteiger partial charge in [0.05, 0.1) is 11.8 Å². The van der Waals surface area contributed by atoms with E-state index < -0.39 is 23.8 Å². The van der Waals surface area contributed by atoms with Crippen LogP contribution in [0.2, 0.25) is 0 Å². The highest BCUT2D eigenvalue weighted by molar-refractivity contribution is 5.80. The van der Waals surface area contributed by atoms with Crippen molar-refractivity contribution in [2.45, 2.75) is 33.1 Å². The second-order valence-electron chi connectivity index (χ2n) is 3.17. The average Bonchev–Trinajstić information content (AvgIpc) is 2.04. The monoisotopic (exact) mass is 188 g/mol. The first-order valence-electron chi connectivity index (χ1n) is 4.08. The summed E-state index contributed by atoms with van der Waals surface area (Å²) in [6.45, 7) is 0. The highest BCUT2D eigenvalue weighted by Gasteiger charge is 2.35. The van der Waals surface area contributed by atoms with Crippen molar-refractivity contribution in [1.82, 2.24) is 0 Å². The number of carbonyl (C=O) groups is 2. The van der Waals surface area contributed by atoms with Crippen LogP contribution >= 0.6 is 0 Å². The van der Waals surface area contributed by atoms with E-state index in [2.05, 4.69) is 0 Å². The largest absolute Gasteiger partial charge is 0.481 e. The summed E-state index contributed by atoms with van der Waals surface area (Å²) in [6.07, 6.45) is 2.68. The van der Waals surface area contributed by atoms with Crippen molar-refractivity contribution >= 4 is 11.9 Å².